The standard InChI is InChI=1S/C10H14/c1-8-6-9-4-2-3-5-10(9)7-8/h2,4,7-9H,3,5-6H2,1H3. The lowest BCUT2D eigenvalue weighted by atomic mass is 9.92. The maximum absolute atomic E-state index is 2.47. The molecule has 0 aromatic heterocycles. The van der Waals surface area contributed by atoms with Gasteiger partial charge in [-0.25, -0.2) is 0 Å². The maximum atomic E-state index is 2.47. The highest BCUT2D eigenvalue weighted by molar-refractivity contribution is 5.23. The third-order valence-corrected chi connectivity index (χ3v) is 2.57. The van der Waals surface area contributed by atoms with Gasteiger partial charge in [-0.3, -0.25) is 0 Å². The largest absolute Gasteiger partial charge is 0.0876 e. The Morgan fingerprint density at radius 3 is 3.20 bits per heavy atom. The van der Waals surface area contributed by atoms with Crippen molar-refractivity contribution in [3.05, 3.63) is 23.8 Å². The fourth-order valence-corrected chi connectivity index (χ4v) is 2.09. The van der Waals surface area contributed by atoms with Crippen LogP contribution in [0.3, 0.4) is 0 Å². The molecule has 0 fully saturated rings. The predicted octanol–water partition coefficient (Wildman–Crippen LogP) is 2.92. The van der Waals surface area contributed by atoms with Crippen molar-refractivity contribution in [3.63, 3.8) is 0 Å². The third-order valence-electron chi connectivity index (χ3n) is 2.57. The molecule has 0 N–H and O–H groups in total. The summed E-state index contributed by atoms with van der Waals surface area (Å²) in [5.41, 5.74) is 1.70. The summed E-state index contributed by atoms with van der Waals surface area (Å²) in [5, 5.41) is 0. The first kappa shape index (κ1) is 6.21. The van der Waals surface area contributed by atoms with E-state index in [1.165, 1.54) is 19.3 Å². The van der Waals surface area contributed by atoms with Crippen LogP contribution in [0.2, 0.25) is 0 Å². The van der Waals surface area contributed by atoms with Crippen molar-refractivity contribution in [3.8, 4) is 0 Å². The zero-order chi connectivity index (χ0) is 6.97. The fourth-order valence-electron chi connectivity index (χ4n) is 2.09. The number of fused-ring (bicyclic) bond motifs is 1. The first-order chi connectivity index (χ1) is 4.86. The number of hydrogen-bond donors (Lipinski definition) is 0. The molecular weight excluding hydrogens is 120 g/mol. The van der Waals surface area contributed by atoms with Gasteiger partial charge in [-0.15, -0.1) is 0 Å². The topological polar surface area (TPSA) is 0 Å². The summed E-state index contributed by atoms with van der Waals surface area (Å²) >= 11 is 0. The minimum absolute atomic E-state index is 0.823. The van der Waals surface area contributed by atoms with Gasteiger partial charge in [0.1, 0.15) is 0 Å². The van der Waals surface area contributed by atoms with E-state index in [0.717, 1.165) is 11.8 Å². The Morgan fingerprint density at radius 2 is 2.40 bits per heavy atom. The summed E-state index contributed by atoms with van der Waals surface area (Å²) in [6.45, 7) is 2.32. The summed E-state index contributed by atoms with van der Waals surface area (Å²) < 4.78 is 0. The van der Waals surface area contributed by atoms with Gasteiger partial charge < -0.3 is 0 Å². The molecule has 2 atom stereocenters. The molecule has 0 saturated carbocycles. The van der Waals surface area contributed by atoms with Crippen LogP contribution in [0.5, 0.6) is 0 Å². The van der Waals surface area contributed by atoms with Crippen LogP contribution in [0.25, 0.3) is 0 Å². The van der Waals surface area contributed by atoms with Crippen LogP contribution in [0.1, 0.15) is 26.2 Å². The van der Waals surface area contributed by atoms with E-state index in [2.05, 4.69) is 25.2 Å². The van der Waals surface area contributed by atoms with Gasteiger partial charge in [0.2, 0.25) is 0 Å². The SMILES string of the molecule is CC1C=C2CCC=CC2C1. The Kier molecular flexibility index (Phi) is 1.40. The summed E-state index contributed by atoms with van der Waals surface area (Å²) in [6, 6.07) is 0. The molecule has 10 heavy (non-hydrogen) atoms. The average molecular weight is 134 g/mol. The van der Waals surface area contributed by atoms with Gasteiger partial charge in [-0.1, -0.05) is 30.7 Å². The van der Waals surface area contributed by atoms with E-state index in [9.17, 15) is 0 Å². The molecule has 2 rings (SSSR count). The molecule has 54 valence electrons. The molecule has 0 radical (unpaired) electrons. The van der Waals surface area contributed by atoms with Crippen LogP contribution in [-0.2, 0) is 0 Å². The molecule has 0 heterocycles. The molecule has 0 aromatic carbocycles. The van der Waals surface area contributed by atoms with E-state index in [1.807, 2.05) is 0 Å². The third kappa shape index (κ3) is 0.920. The van der Waals surface area contributed by atoms with E-state index in [4.69, 9.17) is 0 Å². The normalized spacial score (nSPS) is 37.5. The molecule has 0 aliphatic heterocycles. The van der Waals surface area contributed by atoms with Crippen molar-refractivity contribution in [2.75, 3.05) is 0 Å². The second-order valence-electron chi connectivity index (χ2n) is 3.53. The monoisotopic (exact) mass is 134 g/mol. The minimum Gasteiger partial charge on any atom is -0.0876 e. The van der Waals surface area contributed by atoms with E-state index in [-0.39, 0.29) is 0 Å². The van der Waals surface area contributed by atoms with Crippen LogP contribution in [0, 0.1) is 11.8 Å². The highest BCUT2D eigenvalue weighted by Crippen LogP contribution is 2.36. The Hall–Kier alpha value is -0.520. The highest BCUT2D eigenvalue weighted by Gasteiger charge is 2.22. The molecule has 0 heteroatoms. The van der Waals surface area contributed by atoms with Crippen molar-refractivity contribution in [1.82, 2.24) is 0 Å². The van der Waals surface area contributed by atoms with Gasteiger partial charge in [0.05, 0.1) is 0 Å². The van der Waals surface area contributed by atoms with Gasteiger partial charge in [0.15, 0.2) is 0 Å². The quantitative estimate of drug-likeness (QED) is 0.447. The van der Waals surface area contributed by atoms with Crippen LogP contribution in [0.15, 0.2) is 23.8 Å². The Bertz CT molecular complexity index is 186. The van der Waals surface area contributed by atoms with Crippen LogP contribution < -0.4 is 0 Å². The molecular formula is C10H14. The van der Waals surface area contributed by atoms with Crippen LogP contribution >= 0.6 is 0 Å². The fraction of sp³-hybridized carbons (Fsp3) is 0.600. The smallest absolute Gasteiger partial charge is 0.00176 e. The molecule has 0 nitrogen and oxygen atoms in total. The van der Waals surface area contributed by atoms with E-state index in [0.29, 0.717) is 0 Å². The van der Waals surface area contributed by atoms with E-state index >= 15 is 0 Å². The average Bonchev–Trinajstić information content (AvgIpc) is 2.27. The Balaban J connectivity index is 2.21. The molecule has 2 aliphatic rings. The van der Waals surface area contributed by atoms with Crippen LogP contribution in [0.4, 0.5) is 0 Å². The Morgan fingerprint density at radius 1 is 1.50 bits per heavy atom. The summed E-state index contributed by atoms with van der Waals surface area (Å²) in [7, 11) is 0. The minimum atomic E-state index is 0.823. The van der Waals surface area contributed by atoms with Gasteiger partial charge in [0, 0.05) is 0 Å². The summed E-state index contributed by atoms with van der Waals surface area (Å²) in [5.74, 6) is 1.66. The van der Waals surface area contributed by atoms with Crippen molar-refractivity contribution < 1.29 is 0 Å². The van der Waals surface area contributed by atoms with Gasteiger partial charge >= 0.3 is 0 Å². The molecule has 0 bridgehead atoms. The second-order valence-corrected chi connectivity index (χ2v) is 3.53. The lowest BCUT2D eigenvalue weighted by Crippen LogP contribution is -1.99. The van der Waals surface area contributed by atoms with Gasteiger partial charge in [-0.05, 0) is 31.1 Å². The lowest BCUT2D eigenvalue weighted by molar-refractivity contribution is 0.599. The predicted molar refractivity (Wildman–Crippen MR) is 43.7 cm³/mol. The first-order valence-corrected chi connectivity index (χ1v) is 4.23. The van der Waals surface area contributed by atoms with Gasteiger partial charge in [-0.2, -0.15) is 0 Å². The second kappa shape index (κ2) is 2.26. The highest BCUT2D eigenvalue weighted by atomic mass is 14.3. The number of hydrogen-bond acceptors (Lipinski definition) is 0. The lowest BCUT2D eigenvalue weighted by Gasteiger charge is -2.13. The van der Waals surface area contributed by atoms with Crippen molar-refractivity contribution in [2.24, 2.45) is 11.8 Å². The van der Waals surface area contributed by atoms with Crippen molar-refractivity contribution >= 4 is 0 Å². The Labute approximate surface area is 62.6 Å². The summed E-state index contributed by atoms with van der Waals surface area (Å²) in [6.07, 6.45) is 11.2. The molecule has 0 saturated heterocycles. The van der Waals surface area contributed by atoms with E-state index in [1.54, 1.807) is 5.57 Å². The first-order valence-electron chi connectivity index (χ1n) is 4.23. The molecule has 0 spiro atoms. The molecule has 0 amide bonds. The molecule has 0 aromatic rings. The zero-order valence-electron chi connectivity index (χ0n) is 6.51. The number of rotatable bonds is 0. The van der Waals surface area contributed by atoms with Crippen molar-refractivity contribution in [1.29, 1.82) is 0 Å². The molecule has 2 unspecified atom stereocenters. The molecule has 2 aliphatic carbocycles. The number of allylic oxidation sites excluding steroid dienone is 4. The summed E-state index contributed by atoms with van der Waals surface area (Å²) in [4.78, 5) is 0. The van der Waals surface area contributed by atoms with Crippen LogP contribution in [-0.4, -0.2) is 0 Å². The maximum Gasteiger partial charge on any atom is -0.00176 e. The van der Waals surface area contributed by atoms with E-state index < -0.39 is 0 Å². The van der Waals surface area contributed by atoms with Crippen molar-refractivity contribution in [2.45, 2.75) is 26.2 Å². The van der Waals surface area contributed by atoms with Gasteiger partial charge in [0.25, 0.3) is 0 Å². The zero-order valence-corrected chi connectivity index (χ0v) is 6.51.